The minimum absolute atomic E-state index is 0.153. The summed E-state index contributed by atoms with van der Waals surface area (Å²) in [6.45, 7) is -0.346. The summed E-state index contributed by atoms with van der Waals surface area (Å²) in [4.78, 5) is 26.0. The molecule has 1 fully saturated rings. The van der Waals surface area contributed by atoms with Crippen molar-refractivity contribution in [3.8, 4) is 0 Å². The number of rotatable bonds is 4. The van der Waals surface area contributed by atoms with Gasteiger partial charge in [0, 0.05) is 24.6 Å². The molecule has 4 N–H and O–H groups in total. The van der Waals surface area contributed by atoms with Gasteiger partial charge in [-0.05, 0) is 0 Å². The molecular weight excluding hydrogens is 294 g/mol. The number of nitrogens with zero attached hydrogens (tertiary/aromatic N) is 3. The van der Waals surface area contributed by atoms with Crippen LogP contribution in [-0.2, 0) is 11.2 Å². The number of aliphatic hydroxyl groups is 2. The molecule has 0 aliphatic carbocycles. The SMILES string of the molecule is O=c1[nH]c(=O)n([C@H]2C[C@H](O)[C@@H](CO)O2)cc1Cc1cn[nH]n1. The Balaban J connectivity index is 1.92. The summed E-state index contributed by atoms with van der Waals surface area (Å²) in [6.07, 6.45) is 0.855. The first-order valence-corrected chi connectivity index (χ1v) is 6.72. The minimum Gasteiger partial charge on any atom is -0.394 e. The molecule has 10 nitrogen and oxygen atoms in total. The predicted octanol–water partition coefficient (Wildman–Crippen LogP) is -2.11. The summed E-state index contributed by atoms with van der Waals surface area (Å²) in [5.74, 6) is 0. The predicted molar refractivity (Wildman–Crippen MR) is 72.1 cm³/mol. The first kappa shape index (κ1) is 14.6. The number of nitrogens with one attached hydrogen (secondary N) is 2. The second kappa shape index (κ2) is 5.83. The highest BCUT2D eigenvalue weighted by molar-refractivity contribution is 5.13. The lowest BCUT2D eigenvalue weighted by Crippen LogP contribution is -2.34. The van der Waals surface area contributed by atoms with Gasteiger partial charge in [0.25, 0.3) is 5.56 Å². The molecule has 3 rings (SSSR count). The molecule has 2 aromatic rings. The Bertz CT molecular complexity index is 752. The fraction of sp³-hybridized carbons (Fsp3) is 0.500. The lowest BCUT2D eigenvalue weighted by atomic mass is 10.2. The zero-order valence-electron chi connectivity index (χ0n) is 11.5. The maximum atomic E-state index is 11.9. The molecule has 0 saturated carbocycles. The Labute approximate surface area is 123 Å². The van der Waals surface area contributed by atoms with E-state index in [4.69, 9.17) is 9.84 Å². The van der Waals surface area contributed by atoms with Crippen LogP contribution < -0.4 is 11.2 Å². The molecule has 2 aromatic heterocycles. The van der Waals surface area contributed by atoms with Crippen molar-refractivity contribution < 1.29 is 14.9 Å². The topological polar surface area (TPSA) is 146 Å². The number of H-pyrrole nitrogens is 2. The summed E-state index contributed by atoms with van der Waals surface area (Å²) < 4.78 is 6.63. The lowest BCUT2D eigenvalue weighted by molar-refractivity contribution is -0.0459. The Hall–Kier alpha value is -2.30. The number of hydrogen-bond donors (Lipinski definition) is 4. The maximum absolute atomic E-state index is 11.9. The normalized spacial score (nSPS) is 24.7. The van der Waals surface area contributed by atoms with Gasteiger partial charge in [0.05, 0.1) is 24.6 Å². The van der Waals surface area contributed by atoms with E-state index in [9.17, 15) is 14.7 Å². The van der Waals surface area contributed by atoms with Crippen LogP contribution in [0.2, 0.25) is 0 Å². The molecule has 3 atom stereocenters. The monoisotopic (exact) mass is 309 g/mol. The molecule has 22 heavy (non-hydrogen) atoms. The van der Waals surface area contributed by atoms with E-state index in [0.717, 1.165) is 0 Å². The van der Waals surface area contributed by atoms with Gasteiger partial charge < -0.3 is 14.9 Å². The van der Waals surface area contributed by atoms with Gasteiger partial charge >= 0.3 is 5.69 Å². The molecule has 0 aromatic carbocycles. The Morgan fingerprint density at radius 2 is 2.27 bits per heavy atom. The van der Waals surface area contributed by atoms with Crippen LogP contribution in [0.5, 0.6) is 0 Å². The largest absolute Gasteiger partial charge is 0.394 e. The van der Waals surface area contributed by atoms with Crippen LogP contribution in [0.15, 0.2) is 22.0 Å². The van der Waals surface area contributed by atoms with Gasteiger partial charge in [-0.15, -0.1) is 0 Å². The summed E-state index contributed by atoms with van der Waals surface area (Å²) >= 11 is 0. The van der Waals surface area contributed by atoms with Crippen LogP contribution >= 0.6 is 0 Å². The van der Waals surface area contributed by atoms with Crippen LogP contribution in [0.3, 0.4) is 0 Å². The van der Waals surface area contributed by atoms with E-state index >= 15 is 0 Å². The molecule has 0 radical (unpaired) electrons. The molecule has 1 aliphatic rings. The molecule has 118 valence electrons. The van der Waals surface area contributed by atoms with Crippen LogP contribution in [-0.4, -0.2) is 54.0 Å². The van der Waals surface area contributed by atoms with Crippen molar-refractivity contribution in [1.82, 2.24) is 25.0 Å². The number of aromatic nitrogens is 5. The van der Waals surface area contributed by atoms with Gasteiger partial charge in [-0.1, -0.05) is 0 Å². The third-order valence-corrected chi connectivity index (χ3v) is 3.57. The van der Waals surface area contributed by atoms with Gasteiger partial charge in [-0.3, -0.25) is 14.3 Å². The van der Waals surface area contributed by atoms with E-state index in [1.54, 1.807) is 0 Å². The summed E-state index contributed by atoms with van der Waals surface area (Å²) in [7, 11) is 0. The smallest absolute Gasteiger partial charge is 0.330 e. The van der Waals surface area contributed by atoms with E-state index in [-0.39, 0.29) is 19.4 Å². The summed E-state index contributed by atoms with van der Waals surface area (Å²) in [5.41, 5.74) is -0.276. The van der Waals surface area contributed by atoms with Crippen molar-refractivity contribution in [2.75, 3.05) is 6.61 Å². The number of aliphatic hydroxyl groups excluding tert-OH is 2. The maximum Gasteiger partial charge on any atom is 0.330 e. The average molecular weight is 309 g/mol. The third kappa shape index (κ3) is 2.71. The van der Waals surface area contributed by atoms with E-state index < -0.39 is 29.7 Å². The van der Waals surface area contributed by atoms with Gasteiger partial charge in [0.15, 0.2) is 0 Å². The molecule has 3 heterocycles. The Kier molecular flexibility index (Phi) is 3.88. The van der Waals surface area contributed by atoms with Crippen molar-refractivity contribution >= 4 is 0 Å². The third-order valence-electron chi connectivity index (χ3n) is 3.57. The number of hydrogen-bond acceptors (Lipinski definition) is 7. The summed E-state index contributed by atoms with van der Waals surface area (Å²) in [6, 6.07) is 0. The first-order valence-electron chi connectivity index (χ1n) is 6.72. The van der Waals surface area contributed by atoms with Crippen LogP contribution in [0.25, 0.3) is 0 Å². The van der Waals surface area contributed by atoms with Crippen molar-refractivity contribution in [2.24, 2.45) is 0 Å². The zero-order valence-corrected chi connectivity index (χ0v) is 11.5. The van der Waals surface area contributed by atoms with Crippen molar-refractivity contribution in [3.63, 3.8) is 0 Å². The average Bonchev–Trinajstić information content (AvgIpc) is 3.11. The molecule has 1 aliphatic heterocycles. The second-order valence-corrected chi connectivity index (χ2v) is 5.07. The Morgan fingerprint density at radius 3 is 2.91 bits per heavy atom. The number of aromatic amines is 2. The first-order chi connectivity index (χ1) is 10.6. The molecule has 10 heteroatoms. The zero-order chi connectivity index (χ0) is 15.7. The van der Waals surface area contributed by atoms with Crippen molar-refractivity contribution in [2.45, 2.75) is 31.3 Å². The molecule has 0 unspecified atom stereocenters. The quantitative estimate of drug-likeness (QED) is 0.505. The van der Waals surface area contributed by atoms with Crippen LogP contribution in [0, 0.1) is 0 Å². The van der Waals surface area contributed by atoms with Crippen molar-refractivity contribution in [1.29, 1.82) is 0 Å². The molecule has 1 saturated heterocycles. The number of ether oxygens (including phenoxy) is 1. The van der Waals surface area contributed by atoms with E-state index in [1.807, 2.05) is 0 Å². The van der Waals surface area contributed by atoms with E-state index in [2.05, 4.69) is 20.4 Å². The van der Waals surface area contributed by atoms with Gasteiger partial charge in [-0.2, -0.15) is 15.4 Å². The highest BCUT2D eigenvalue weighted by Crippen LogP contribution is 2.27. The second-order valence-electron chi connectivity index (χ2n) is 5.07. The Morgan fingerprint density at radius 1 is 1.45 bits per heavy atom. The van der Waals surface area contributed by atoms with E-state index in [1.165, 1.54) is 17.0 Å². The van der Waals surface area contributed by atoms with E-state index in [0.29, 0.717) is 11.3 Å². The molecule has 0 spiro atoms. The van der Waals surface area contributed by atoms with Gasteiger partial charge in [0.1, 0.15) is 12.3 Å². The van der Waals surface area contributed by atoms with Crippen LogP contribution in [0.1, 0.15) is 23.9 Å². The fourth-order valence-electron chi connectivity index (χ4n) is 2.42. The van der Waals surface area contributed by atoms with Gasteiger partial charge in [0.2, 0.25) is 0 Å². The highest BCUT2D eigenvalue weighted by Gasteiger charge is 2.35. The standard InChI is InChI=1S/C12H15N5O5/c18-5-9-8(19)2-10(22-9)17-4-6(11(20)14-12(17)21)1-7-3-13-16-15-7/h3-4,8-10,18-19H,1-2,5H2,(H,13,15,16)(H,14,20,21)/t8-,9+,10+/m0/s1. The molecule has 0 bridgehead atoms. The molecule has 0 amide bonds. The van der Waals surface area contributed by atoms with Crippen molar-refractivity contribution in [3.05, 3.63) is 44.5 Å². The van der Waals surface area contributed by atoms with Gasteiger partial charge in [-0.25, -0.2) is 4.79 Å². The fourth-order valence-corrected chi connectivity index (χ4v) is 2.42. The minimum atomic E-state index is -0.868. The summed E-state index contributed by atoms with van der Waals surface area (Å²) in [5, 5.41) is 28.8. The lowest BCUT2D eigenvalue weighted by Gasteiger charge is -2.15. The molecular formula is C12H15N5O5. The van der Waals surface area contributed by atoms with Crippen LogP contribution in [0.4, 0.5) is 0 Å². The highest BCUT2D eigenvalue weighted by atomic mass is 16.5.